The number of hydrogen-bond donors (Lipinski definition) is 1. The third kappa shape index (κ3) is 4.83. The van der Waals surface area contributed by atoms with E-state index in [2.05, 4.69) is 5.32 Å². The molecule has 0 aliphatic carbocycles. The van der Waals surface area contributed by atoms with Crippen LogP contribution in [0.1, 0.15) is 19.3 Å². The Morgan fingerprint density at radius 3 is 2.08 bits per heavy atom. The molecule has 0 spiro atoms. The zero-order valence-corrected chi connectivity index (χ0v) is 7.47. The first-order valence-corrected chi connectivity index (χ1v) is 3.85. The van der Waals surface area contributed by atoms with E-state index in [4.69, 9.17) is 0 Å². The monoisotopic (exact) mass is 203 g/mol. The maximum Gasteiger partial charge on any atom is 0.389 e. The standard InChI is InChI=1S/C7H12F3N.ClH/c8-7(9,10)5-6-1-3-11-4-2-6;/h6,11H,1-5H2;1H. The van der Waals surface area contributed by atoms with Crippen LogP contribution in [0.2, 0.25) is 0 Å². The molecule has 0 aromatic rings. The fourth-order valence-corrected chi connectivity index (χ4v) is 1.41. The van der Waals surface area contributed by atoms with Crippen molar-refractivity contribution in [3.05, 3.63) is 0 Å². The maximum atomic E-state index is 11.8. The van der Waals surface area contributed by atoms with Gasteiger partial charge in [-0.2, -0.15) is 13.2 Å². The summed E-state index contributed by atoms with van der Waals surface area (Å²) in [6.07, 6.45) is -3.24. The zero-order chi connectivity index (χ0) is 8.32. The van der Waals surface area contributed by atoms with Gasteiger partial charge in [-0.25, -0.2) is 0 Å². The van der Waals surface area contributed by atoms with E-state index in [1.165, 1.54) is 0 Å². The molecule has 0 aromatic carbocycles. The molecule has 1 nitrogen and oxygen atoms in total. The van der Waals surface area contributed by atoms with E-state index in [-0.39, 0.29) is 18.3 Å². The molecule has 0 saturated carbocycles. The second kappa shape index (κ2) is 4.92. The van der Waals surface area contributed by atoms with Crippen LogP contribution in [-0.4, -0.2) is 19.3 Å². The first-order valence-electron chi connectivity index (χ1n) is 3.85. The van der Waals surface area contributed by atoms with Crippen molar-refractivity contribution < 1.29 is 13.2 Å². The Hall–Kier alpha value is 0.0400. The van der Waals surface area contributed by atoms with E-state index in [1.54, 1.807) is 0 Å². The summed E-state index contributed by atoms with van der Waals surface area (Å²) in [4.78, 5) is 0. The van der Waals surface area contributed by atoms with E-state index >= 15 is 0 Å². The molecule has 0 bridgehead atoms. The molecule has 0 unspecified atom stereocenters. The predicted molar refractivity (Wildman–Crippen MR) is 43.5 cm³/mol. The van der Waals surface area contributed by atoms with Crippen LogP contribution in [0.4, 0.5) is 13.2 Å². The van der Waals surface area contributed by atoms with Crippen LogP contribution in [-0.2, 0) is 0 Å². The molecule has 1 saturated heterocycles. The van der Waals surface area contributed by atoms with Crippen LogP contribution in [0.3, 0.4) is 0 Å². The van der Waals surface area contributed by atoms with Crippen molar-refractivity contribution in [2.45, 2.75) is 25.4 Å². The van der Waals surface area contributed by atoms with Gasteiger partial charge in [-0.05, 0) is 31.8 Å². The highest BCUT2D eigenvalue weighted by molar-refractivity contribution is 5.85. The van der Waals surface area contributed by atoms with E-state index in [0.717, 1.165) is 13.1 Å². The summed E-state index contributed by atoms with van der Waals surface area (Å²) in [5, 5.41) is 3.03. The molecule has 0 radical (unpaired) electrons. The van der Waals surface area contributed by atoms with Crippen molar-refractivity contribution in [3.8, 4) is 0 Å². The summed E-state index contributed by atoms with van der Waals surface area (Å²) in [6.45, 7) is 1.47. The van der Waals surface area contributed by atoms with E-state index in [0.29, 0.717) is 12.8 Å². The lowest BCUT2D eigenvalue weighted by Gasteiger charge is -2.23. The molecule has 1 N–H and O–H groups in total. The first kappa shape index (κ1) is 12.0. The second-order valence-corrected chi connectivity index (χ2v) is 3.01. The van der Waals surface area contributed by atoms with Gasteiger partial charge >= 0.3 is 6.18 Å². The summed E-state index contributed by atoms with van der Waals surface area (Å²) >= 11 is 0. The summed E-state index contributed by atoms with van der Waals surface area (Å²) in [5.74, 6) is -0.142. The molecule has 1 aliphatic rings. The summed E-state index contributed by atoms with van der Waals surface area (Å²) < 4.78 is 35.5. The lowest BCUT2D eigenvalue weighted by atomic mass is 9.94. The van der Waals surface area contributed by atoms with E-state index in [1.807, 2.05) is 0 Å². The van der Waals surface area contributed by atoms with Gasteiger partial charge < -0.3 is 5.32 Å². The Kier molecular flexibility index (Phi) is 4.94. The molecule has 0 aromatic heterocycles. The quantitative estimate of drug-likeness (QED) is 0.690. The third-order valence-corrected chi connectivity index (χ3v) is 1.98. The highest BCUT2D eigenvalue weighted by Gasteiger charge is 2.32. The Morgan fingerprint density at radius 2 is 1.67 bits per heavy atom. The number of alkyl halides is 3. The molecular weight excluding hydrogens is 191 g/mol. The summed E-state index contributed by atoms with van der Waals surface area (Å²) in [7, 11) is 0. The minimum atomic E-state index is -3.97. The molecule has 12 heavy (non-hydrogen) atoms. The SMILES string of the molecule is Cl.FC(F)(F)CC1CCNCC1. The van der Waals surface area contributed by atoms with Gasteiger partial charge in [0.05, 0.1) is 0 Å². The molecule has 1 heterocycles. The van der Waals surface area contributed by atoms with Crippen LogP contribution >= 0.6 is 12.4 Å². The lowest BCUT2D eigenvalue weighted by molar-refractivity contribution is -0.146. The molecule has 5 heteroatoms. The van der Waals surface area contributed by atoms with Gasteiger partial charge in [0.1, 0.15) is 0 Å². The lowest BCUT2D eigenvalue weighted by Crippen LogP contribution is -2.30. The Balaban J connectivity index is 0.00000121. The second-order valence-electron chi connectivity index (χ2n) is 3.01. The minimum Gasteiger partial charge on any atom is -0.317 e. The molecule has 1 fully saturated rings. The number of rotatable bonds is 1. The van der Waals surface area contributed by atoms with Crippen molar-refractivity contribution in [1.82, 2.24) is 5.32 Å². The third-order valence-electron chi connectivity index (χ3n) is 1.98. The maximum absolute atomic E-state index is 11.8. The van der Waals surface area contributed by atoms with Crippen molar-refractivity contribution >= 4 is 12.4 Å². The molecule has 0 atom stereocenters. The first-order chi connectivity index (χ1) is 5.08. The fraction of sp³-hybridized carbons (Fsp3) is 1.00. The van der Waals surface area contributed by atoms with Crippen LogP contribution in [0, 0.1) is 5.92 Å². The highest BCUT2D eigenvalue weighted by Crippen LogP contribution is 2.28. The normalized spacial score (nSPS) is 20.2. The molecule has 1 aliphatic heterocycles. The van der Waals surface area contributed by atoms with Gasteiger partial charge in [-0.15, -0.1) is 12.4 Å². The number of piperidine rings is 1. The van der Waals surface area contributed by atoms with Crippen LogP contribution < -0.4 is 5.32 Å². The largest absolute Gasteiger partial charge is 0.389 e. The van der Waals surface area contributed by atoms with Crippen molar-refractivity contribution in [2.75, 3.05) is 13.1 Å². The fourth-order valence-electron chi connectivity index (χ4n) is 1.41. The Bertz CT molecular complexity index is 120. The molecule has 1 rings (SSSR count). The predicted octanol–water partition coefficient (Wildman–Crippen LogP) is 2.36. The average Bonchev–Trinajstić information content (AvgIpc) is 1.85. The van der Waals surface area contributed by atoms with Crippen LogP contribution in [0.5, 0.6) is 0 Å². The average molecular weight is 204 g/mol. The minimum absolute atomic E-state index is 0. The molecule has 0 amide bonds. The highest BCUT2D eigenvalue weighted by atomic mass is 35.5. The summed E-state index contributed by atoms with van der Waals surface area (Å²) in [5.41, 5.74) is 0. The van der Waals surface area contributed by atoms with Crippen molar-refractivity contribution in [1.29, 1.82) is 0 Å². The van der Waals surface area contributed by atoms with Gasteiger partial charge in [0, 0.05) is 6.42 Å². The van der Waals surface area contributed by atoms with Gasteiger partial charge in [0.2, 0.25) is 0 Å². The molecular formula is C7H13ClF3N. The zero-order valence-electron chi connectivity index (χ0n) is 6.66. The van der Waals surface area contributed by atoms with Gasteiger partial charge in [0.25, 0.3) is 0 Å². The number of halogens is 4. The Labute approximate surface area is 76.1 Å². The molecule has 74 valence electrons. The van der Waals surface area contributed by atoms with Gasteiger partial charge in [-0.1, -0.05) is 0 Å². The number of nitrogens with one attached hydrogen (secondary N) is 1. The topological polar surface area (TPSA) is 12.0 Å². The smallest absolute Gasteiger partial charge is 0.317 e. The number of hydrogen-bond acceptors (Lipinski definition) is 1. The van der Waals surface area contributed by atoms with Gasteiger partial charge in [0.15, 0.2) is 0 Å². The van der Waals surface area contributed by atoms with Crippen LogP contribution in [0.15, 0.2) is 0 Å². The van der Waals surface area contributed by atoms with Crippen LogP contribution in [0.25, 0.3) is 0 Å². The van der Waals surface area contributed by atoms with Crippen molar-refractivity contribution in [2.24, 2.45) is 5.92 Å². The Morgan fingerprint density at radius 1 is 1.17 bits per heavy atom. The van der Waals surface area contributed by atoms with E-state index in [9.17, 15) is 13.2 Å². The summed E-state index contributed by atoms with van der Waals surface area (Å²) in [6, 6.07) is 0. The van der Waals surface area contributed by atoms with E-state index < -0.39 is 12.6 Å². The van der Waals surface area contributed by atoms with Crippen molar-refractivity contribution in [3.63, 3.8) is 0 Å². The van der Waals surface area contributed by atoms with Gasteiger partial charge in [-0.3, -0.25) is 0 Å².